The number of aliphatic hydroxyl groups is 1. The first-order valence-corrected chi connectivity index (χ1v) is 6.10. The van der Waals surface area contributed by atoms with Gasteiger partial charge in [-0.1, -0.05) is 23.7 Å². The second-order valence-electron chi connectivity index (χ2n) is 4.40. The van der Waals surface area contributed by atoms with Crippen LogP contribution in [0.4, 0.5) is 0 Å². The molecule has 2 aromatic rings. The molecule has 1 unspecified atom stereocenters. The van der Waals surface area contributed by atoms with Gasteiger partial charge in [0, 0.05) is 29.7 Å². The van der Waals surface area contributed by atoms with E-state index in [9.17, 15) is 5.11 Å². The van der Waals surface area contributed by atoms with E-state index in [4.69, 9.17) is 11.6 Å². The Morgan fingerprint density at radius 3 is 3.12 bits per heavy atom. The third-order valence-corrected chi connectivity index (χ3v) is 3.32. The summed E-state index contributed by atoms with van der Waals surface area (Å²) in [4.78, 5) is 4.59. The fraction of sp³-hybridized carbons (Fsp3) is 0.308. The zero-order valence-electron chi connectivity index (χ0n) is 9.31. The Labute approximate surface area is 105 Å². The summed E-state index contributed by atoms with van der Waals surface area (Å²) in [5, 5.41) is 10.3. The van der Waals surface area contributed by atoms with E-state index in [0.717, 1.165) is 29.9 Å². The average Bonchev–Trinajstić information content (AvgIpc) is 2.72. The second kappa shape index (κ2) is 4.17. The maximum Gasteiger partial charge on any atom is 0.109 e. The molecule has 3 nitrogen and oxygen atoms in total. The molecule has 1 aromatic heterocycles. The van der Waals surface area contributed by atoms with E-state index in [1.165, 1.54) is 0 Å². The Kier molecular flexibility index (Phi) is 2.65. The molecule has 0 saturated carbocycles. The summed E-state index contributed by atoms with van der Waals surface area (Å²) < 4.78 is 2.03. The van der Waals surface area contributed by atoms with Crippen molar-refractivity contribution in [2.45, 2.75) is 25.5 Å². The molecule has 2 heterocycles. The number of nitrogens with zero attached hydrogens (tertiary/aromatic N) is 2. The van der Waals surface area contributed by atoms with E-state index in [-0.39, 0.29) is 6.10 Å². The molecule has 1 atom stereocenters. The molecule has 17 heavy (non-hydrogen) atoms. The molecule has 0 bridgehead atoms. The highest BCUT2D eigenvalue weighted by atomic mass is 35.5. The lowest BCUT2D eigenvalue weighted by molar-refractivity contribution is 0.130. The molecule has 0 radical (unpaired) electrons. The molecule has 1 aliphatic heterocycles. The Hall–Kier alpha value is -1.32. The molecule has 0 spiro atoms. The minimum atomic E-state index is -0.246. The summed E-state index contributed by atoms with van der Waals surface area (Å²) in [7, 11) is 0. The van der Waals surface area contributed by atoms with Gasteiger partial charge in [0.1, 0.15) is 5.82 Å². The van der Waals surface area contributed by atoms with Gasteiger partial charge in [0.15, 0.2) is 0 Å². The predicted molar refractivity (Wildman–Crippen MR) is 67.0 cm³/mol. The van der Waals surface area contributed by atoms with Crippen LogP contribution in [0, 0.1) is 0 Å². The summed E-state index contributed by atoms with van der Waals surface area (Å²) in [6, 6.07) is 7.68. The van der Waals surface area contributed by atoms with Gasteiger partial charge >= 0.3 is 0 Å². The van der Waals surface area contributed by atoms with E-state index >= 15 is 0 Å². The summed E-state index contributed by atoms with van der Waals surface area (Å²) in [6.45, 7) is 0.642. The molecule has 1 aliphatic rings. The van der Waals surface area contributed by atoms with Crippen LogP contribution in [-0.2, 0) is 13.0 Å². The van der Waals surface area contributed by atoms with Gasteiger partial charge in [-0.15, -0.1) is 0 Å². The van der Waals surface area contributed by atoms with Crippen LogP contribution < -0.4 is 0 Å². The molecular weight excluding hydrogens is 236 g/mol. The highest BCUT2D eigenvalue weighted by Crippen LogP contribution is 2.24. The Morgan fingerprint density at radius 2 is 2.29 bits per heavy atom. The molecule has 4 heteroatoms. The molecule has 0 saturated heterocycles. The van der Waals surface area contributed by atoms with Crippen molar-refractivity contribution in [2.75, 3.05) is 0 Å². The topological polar surface area (TPSA) is 38.1 Å². The van der Waals surface area contributed by atoms with Crippen LogP contribution in [0.15, 0.2) is 30.5 Å². The Balaban J connectivity index is 2.00. The van der Waals surface area contributed by atoms with Gasteiger partial charge in [-0.3, -0.25) is 0 Å². The predicted octanol–water partition coefficient (Wildman–Crippen LogP) is 2.51. The monoisotopic (exact) mass is 248 g/mol. The van der Waals surface area contributed by atoms with Crippen LogP contribution in [0.3, 0.4) is 0 Å². The van der Waals surface area contributed by atoms with Gasteiger partial charge in [0.25, 0.3) is 0 Å². The third kappa shape index (κ3) is 2.08. The Morgan fingerprint density at radius 1 is 1.41 bits per heavy atom. The fourth-order valence-electron chi connectivity index (χ4n) is 2.21. The SMILES string of the molecule is OC1CCc2nc(-c3cccc(Cl)c3)cn2C1. The van der Waals surface area contributed by atoms with Gasteiger partial charge in [-0.25, -0.2) is 4.98 Å². The number of benzene rings is 1. The third-order valence-electron chi connectivity index (χ3n) is 3.09. The van der Waals surface area contributed by atoms with Crippen LogP contribution in [-0.4, -0.2) is 20.8 Å². The number of halogens is 1. The summed E-state index contributed by atoms with van der Waals surface area (Å²) >= 11 is 5.97. The lowest BCUT2D eigenvalue weighted by atomic mass is 10.1. The van der Waals surface area contributed by atoms with Crippen LogP contribution in [0.25, 0.3) is 11.3 Å². The van der Waals surface area contributed by atoms with Crippen LogP contribution in [0.2, 0.25) is 5.02 Å². The van der Waals surface area contributed by atoms with Gasteiger partial charge in [0.05, 0.1) is 11.8 Å². The van der Waals surface area contributed by atoms with Gasteiger partial charge in [-0.2, -0.15) is 0 Å². The first-order valence-electron chi connectivity index (χ1n) is 5.72. The molecule has 1 N–H and O–H groups in total. The van der Waals surface area contributed by atoms with E-state index in [2.05, 4.69) is 4.98 Å². The number of hydrogen-bond acceptors (Lipinski definition) is 2. The standard InChI is InChI=1S/C13H13ClN2O/c14-10-3-1-2-9(6-10)12-8-16-7-11(17)4-5-13(16)15-12/h1-3,6,8,11,17H,4-5,7H2. The number of hydrogen-bond donors (Lipinski definition) is 1. The van der Waals surface area contributed by atoms with Crippen molar-refractivity contribution in [1.29, 1.82) is 0 Å². The molecule has 88 valence electrons. The average molecular weight is 249 g/mol. The minimum Gasteiger partial charge on any atom is -0.391 e. The number of fused-ring (bicyclic) bond motifs is 1. The highest BCUT2D eigenvalue weighted by Gasteiger charge is 2.18. The molecule has 0 aliphatic carbocycles. The van der Waals surface area contributed by atoms with E-state index in [1.54, 1.807) is 0 Å². The minimum absolute atomic E-state index is 0.246. The summed E-state index contributed by atoms with van der Waals surface area (Å²) in [5.74, 6) is 1.05. The van der Waals surface area contributed by atoms with Crippen LogP contribution >= 0.6 is 11.6 Å². The maximum absolute atomic E-state index is 9.61. The molecule has 0 fully saturated rings. The first kappa shape index (κ1) is 10.8. The molecule has 0 amide bonds. The lowest BCUT2D eigenvalue weighted by Crippen LogP contribution is -2.23. The molecule has 1 aromatic carbocycles. The zero-order chi connectivity index (χ0) is 11.8. The van der Waals surface area contributed by atoms with Crippen LogP contribution in [0.1, 0.15) is 12.2 Å². The van der Waals surface area contributed by atoms with E-state index < -0.39 is 0 Å². The van der Waals surface area contributed by atoms with E-state index in [0.29, 0.717) is 11.6 Å². The summed E-state index contributed by atoms with van der Waals surface area (Å²) in [6.07, 6.45) is 3.38. The lowest BCUT2D eigenvalue weighted by Gasteiger charge is -2.18. The van der Waals surface area contributed by atoms with E-state index in [1.807, 2.05) is 35.0 Å². The van der Waals surface area contributed by atoms with Crippen molar-refractivity contribution in [2.24, 2.45) is 0 Å². The van der Waals surface area contributed by atoms with Crippen molar-refractivity contribution in [3.05, 3.63) is 41.3 Å². The van der Waals surface area contributed by atoms with Crippen molar-refractivity contribution in [1.82, 2.24) is 9.55 Å². The Bertz CT molecular complexity index is 550. The van der Waals surface area contributed by atoms with Crippen molar-refractivity contribution in [3.8, 4) is 11.3 Å². The number of aliphatic hydroxyl groups excluding tert-OH is 1. The molecule has 3 rings (SSSR count). The van der Waals surface area contributed by atoms with Gasteiger partial charge < -0.3 is 9.67 Å². The smallest absolute Gasteiger partial charge is 0.109 e. The van der Waals surface area contributed by atoms with Gasteiger partial charge in [-0.05, 0) is 18.6 Å². The second-order valence-corrected chi connectivity index (χ2v) is 4.83. The quantitative estimate of drug-likeness (QED) is 0.842. The fourth-order valence-corrected chi connectivity index (χ4v) is 2.40. The van der Waals surface area contributed by atoms with Crippen molar-refractivity contribution in [3.63, 3.8) is 0 Å². The normalized spacial score (nSPS) is 19.1. The number of rotatable bonds is 1. The van der Waals surface area contributed by atoms with Gasteiger partial charge in [0.2, 0.25) is 0 Å². The van der Waals surface area contributed by atoms with Crippen LogP contribution in [0.5, 0.6) is 0 Å². The number of aryl methyl sites for hydroxylation is 1. The van der Waals surface area contributed by atoms with Crippen molar-refractivity contribution >= 4 is 11.6 Å². The maximum atomic E-state index is 9.61. The largest absolute Gasteiger partial charge is 0.391 e. The number of imidazole rings is 1. The van der Waals surface area contributed by atoms with Crippen molar-refractivity contribution < 1.29 is 5.11 Å². The number of aromatic nitrogens is 2. The molecular formula is C13H13ClN2O. The zero-order valence-corrected chi connectivity index (χ0v) is 10.1. The first-order chi connectivity index (χ1) is 8.22. The highest BCUT2D eigenvalue weighted by molar-refractivity contribution is 6.30. The summed E-state index contributed by atoms with van der Waals surface area (Å²) in [5.41, 5.74) is 1.95.